The van der Waals surface area contributed by atoms with E-state index in [4.69, 9.17) is 10.5 Å². The molecule has 2 rings (SSSR count). The van der Waals surface area contributed by atoms with Crippen molar-refractivity contribution in [2.75, 3.05) is 7.11 Å². The molecule has 0 amide bonds. The molecule has 0 radical (unpaired) electrons. The Balaban J connectivity index is 2.46. The summed E-state index contributed by atoms with van der Waals surface area (Å²) in [6, 6.07) is 5.96. The fourth-order valence-electron chi connectivity index (χ4n) is 1.46. The second-order valence-corrected chi connectivity index (χ2v) is 4.27. The fraction of sp³-hybridized carbons (Fsp3) is 0.400. The smallest absolute Gasteiger partial charge is 0.133 e. The molecule has 0 spiro atoms. The van der Waals surface area contributed by atoms with Gasteiger partial charge >= 0.3 is 0 Å². The van der Waals surface area contributed by atoms with Gasteiger partial charge < -0.3 is 10.5 Å². The molecule has 0 saturated heterocycles. The lowest BCUT2D eigenvalue weighted by Gasteiger charge is -2.13. The SMILES string of the molecule is COc1cccc(C2(N)CC2)c1Br. The molecular weight excluding hydrogens is 230 g/mol. The number of rotatable bonds is 2. The van der Waals surface area contributed by atoms with Gasteiger partial charge in [-0.25, -0.2) is 0 Å². The Morgan fingerprint density at radius 2 is 2.15 bits per heavy atom. The molecule has 2 nitrogen and oxygen atoms in total. The Kier molecular flexibility index (Phi) is 2.08. The van der Waals surface area contributed by atoms with Crippen LogP contribution in [-0.4, -0.2) is 7.11 Å². The lowest BCUT2D eigenvalue weighted by atomic mass is 10.1. The molecule has 1 saturated carbocycles. The number of nitrogens with two attached hydrogens (primary N) is 1. The Hall–Kier alpha value is -0.540. The summed E-state index contributed by atoms with van der Waals surface area (Å²) in [5, 5.41) is 0. The molecule has 13 heavy (non-hydrogen) atoms. The van der Waals surface area contributed by atoms with Crippen LogP contribution in [0.3, 0.4) is 0 Å². The highest BCUT2D eigenvalue weighted by Crippen LogP contribution is 2.47. The molecule has 0 aromatic heterocycles. The third kappa shape index (κ3) is 1.46. The van der Waals surface area contributed by atoms with Gasteiger partial charge in [0.25, 0.3) is 0 Å². The van der Waals surface area contributed by atoms with Gasteiger partial charge in [0.15, 0.2) is 0 Å². The number of hydrogen-bond donors (Lipinski definition) is 1. The van der Waals surface area contributed by atoms with Crippen LogP contribution in [0.4, 0.5) is 0 Å². The minimum atomic E-state index is -0.104. The van der Waals surface area contributed by atoms with Gasteiger partial charge in [0.1, 0.15) is 5.75 Å². The van der Waals surface area contributed by atoms with Crippen LogP contribution in [-0.2, 0) is 5.54 Å². The number of methoxy groups -OCH3 is 1. The molecule has 1 aliphatic carbocycles. The van der Waals surface area contributed by atoms with Gasteiger partial charge in [-0.3, -0.25) is 0 Å². The van der Waals surface area contributed by atoms with E-state index in [-0.39, 0.29) is 5.54 Å². The first-order valence-corrected chi connectivity index (χ1v) is 5.08. The van der Waals surface area contributed by atoms with E-state index in [2.05, 4.69) is 22.0 Å². The lowest BCUT2D eigenvalue weighted by molar-refractivity contribution is 0.410. The lowest BCUT2D eigenvalue weighted by Crippen LogP contribution is -2.19. The van der Waals surface area contributed by atoms with Crippen molar-refractivity contribution in [3.05, 3.63) is 28.2 Å². The molecule has 0 aliphatic heterocycles. The Labute approximate surface area is 86.2 Å². The van der Waals surface area contributed by atoms with Crippen LogP contribution in [0.25, 0.3) is 0 Å². The average Bonchev–Trinajstić information content (AvgIpc) is 2.85. The minimum absolute atomic E-state index is 0.104. The van der Waals surface area contributed by atoms with Crippen LogP contribution in [0.2, 0.25) is 0 Å². The van der Waals surface area contributed by atoms with E-state index in [0.29, 0.717) is 0 Å². The highest BCUT2D eigenvalue weighted by atomic mass is 79.9. The molecule has 0 bridgehead atoms. The van der Waals surface area contributed by atoms with E-state index in [1.165, 1.54) is 0 Å². The molecule has 0 unspecified atom stereocenters. The Bertz CT molecular complexity index is 334. The standard InChI is InChI=1S/C10H12BrNO/c1-13-8-4-2-3-7(9(8)11)10(12)5-6-10/h2-4H,5-6,12H2,1H3. The maximum atomic E-state index is 6.11. The first-order valence-electron chi connectivity index (χ1n) is 4.29. The zero-order valence-corrected chi connectivity index (χ0v) is 9.10. The van der Waals surface area contributed by atoms with Crippen molar-refractivity contribution >= 4 is 15.9 Å². The Morgan fingerprint density at radius 3 is 2.69 bits per heavy atom. The van der Waals surface area contributed by atoms with Crippen molar-refractivity contribution in [1.29, 1.82) is 0 Å². The first kappa shape index (κ1) is 9.03. The summed E-state index contributed by atoms with van der Waals surface area (Å²) in [4.78, 5) is 0. The summed E-state index contributed by atoms with van der Waals surface area (Å²) in [7, 11) is 1.67. The predicted octanol–water partition coefficient (Wildman–Crippen LogP) is 2.41. The highest BCUT2D eigenvalue weighted by molar-refractivity contribution is 9.10. The molecule has 1 aliphatic rings. The second-order valence-electron chi connectivity index (χ2n) is 3.48. The van der Waals surface area contributed by atoms with Crippen molar-refractivity contribution in [2.24, 2.45) is 5.73 Å². The van der Waals surface area contributed by atoms with Gasteiger partial charge in [0.2, 0.25) is 0 Å². The molecule has 0 heterocycles. The van der Waals surface area contributed by atoms with E-state index < -0.39 is 0 Å². The number of ether oxygens (including phenoxy) is 1. The van der Waals surface area contributed by atoms with Crippen LogP contribution in [0.15, 0.2) is 22.7 Å². The maximum absolute atomic E-state index is 6.11. The van der Waals surface area contributed by atoms with E-state index >= 15 is 0 Å². The van der Waals surface area contributed by atoms with E-state index in [0.717, 1.165) is 28.6 Å². The molecule has 70 valence electrons. The molecular formula is C10H12BrNO. The molecule has 3 heteroatoms. The van der Waals surface area contributed by atoms with Gasteiger partial charge in [-0.1, -0.05) is 12.1 Å². The van der Waals surface area contributed by atoms with E-state index in [1.807, 2.05) is 12.1 Å². The van der Waals surface area contributed by atoms with E-state index in [9.17, 15) is 0 Å². The van der Waals surface area contributed by atoms with Crippen molar-refractivity contribution in [2.45, 2.75) is 18.4 Å². The summed E-state index contributed by atoms with van der Waals surface area (Å²) in [6.07, 6.45) is 2.14. The van der Waals surface area contributed by atoms with Gasteiger partial charge in [0.05, 0.1) is 11.6 Å². The summed E-state index contributed by atoms with van der Waals surface area (Å²) >= 11 is 3.51. The molecule has 1 aromatic carbocycles. The number of hydrogen-bond acceptors (Lipinski definition) is 2. The van der Waals surface area contributed by atoms with Crippen LogP contribution < -0.4 is 10.5 Å². The Morgan fingerprint density at radius 1 is 1.46 bits per heavy atom. The third-order valence-corrected chi connectivity index (χ3v) is 3.33. The summed E-state index contributed by atoms with van der Waals surface area (Å²) in [5.41, 5.74) is 7.16. The minimum Gasteiger partial charge on any atom is -0.496 e. The number of halogens is 1. The quantitative estimate of drug-likeness (QED) is 0.864. The van der Waals surface area contributed by atoms with Crippen molar-refractivity contribution in [3.8, 4) is 5.75 Å². The number of benzene rings is 1. The third-order valence-electron chi connectivity index (χ3n) is 2.51. The first-order chi connectivity index (χ1) is 6.17. The largest absolute Gasteiger partial charge is 0.496 e. The summed E-state index contributed by atoms with van der Waals surface area (Å²) < 4.78 is 6.20. The highest BCUT2D eigenvalue weighted by Gasteiger charge is 2.41. The molecule has 0 atom stereocenters. The van der Waals surface area contributed by atoms with Gasteiger partial charge in [-0.15, -0.1) is 0 Å². The van der Waals surface area contributed by atoms with Crippen molar-refractivity contribution < 1.29 is 4.74 Å². The molecule has 1 aromatic rings. The van der Waals surface area contributed by atoms with Gasteiger partial charge in [0, 0.05) is 5.54 Å². The van der Waals surface area contributed by atoms with Crippen LogP contribution in [0, 0.1) is 0 Å². The zero-order valence-electron chi connectivity index (χ0n) is 7.51. The van der Waals surface area contributed by atoms with Gasteiger partial charge in [-0.05, 0) is 40.4 Å². The normalized spacial score (nSPS) is 18.4. The average molecular weight is 242 g/mol. The maximum Gasteiger partial charge on any atom is 0.133 e. The summed E-state index contributed by atoms with van der Waals surface area (Å²) in [6.45, 7) is 0. The fourth-order valence-corrected chi connectivity index (χ4v) is 2.28. The summed E-state index contributed by atoms with van der Waals surface area (Å²) in [5.74, 6) is 0.856. The van der Waals surface area contributed by atoms with Gasteiger partial charge in [-0.2, -0.15) is 0 Å². The zero-order chi connectivity index (χ0) is 9.47. The van der Waals surface area contributed by atoms with E-state index in [1.54, 1.807) is 7.11 Å². The van der Waals surface area contributed by atoms with Crippen molar-refractivity contribution in [1.82, 2.24) is 0 Å². The molecule has 1 fully saturated rings. The predicted molar refractivity (Wildman–Crippen MR) is 55.8 cm³/mol. The monoisotopic (exact) mass is 241 g/mol. The molecule has 2 N–H and O–H groups in total. The van der Waals surface area contributed by atoms with Crippen molar-refractivity contribution in [3.63, 3.8) is 0 Å². The second kappa shape index (κ2) is 3.00. The topological polar surface area (TPSA) is 35.2 Å². The van der Waals surface area contributed by atoms with Crippen LogP contribution in [0.5, 0.6) is 5.75 Å². The van der Waals surface area contributed by atoms with Crippen LogP contribution >= 0.6 is 15.9 Å². The van der Waals surface area contributed by atoms with Crippen LogP contribution in [0.1, 0.15) is 18.4 Å².